The van der Waals surface area contributed by atoms with E-state index in [1.807, 2.05) is 6.07 Å². The molecule has 99 heavy (non-hydrogen) atoms. The van der Waals surface area contributed by atoms with E-state index in [0.29, 0.717) is 88.4 Å². The second kappa shape index (κ2) is 30.8. The van der Waals surface area contributed by atoms with Gasteiger partial charge in [-0.2, -0.15) is 28.8 Å². The molecule has 12 N–H and O–H groups in total. The first kappa shape index (κ1) is 72.0. The quantitative estimate of drug-likeness (QED) is 0.0491. The predicted octanol–water partition coefficient (Wildman–Crippen LogP) is 6.09. The number of fused-ring (bicyclic) bond motifs is 3. The van der Waals surface area contributed by atoms with E-state index in [0.717, 1.165) is 19.3 Å². The number of hydrogen-bond acceptors (Lipinski definition) is 27. The molecule has 3 saturated carbocycles. The lowest BCUT2D eigenvalue weighted by Gasteiger charge is -2.32. The zero-order valence-corrected chi connectivity index (χ0v) is 56.6. The molecule has 35 heteroatoms. The molecule has 9 heterocycles. The Morgan fingerprint density at radius 1 is 0.535 bits per heavy atom. The van der Waals surface area contributed by atoms with Gasteiger partial charge in [0.25, 0.3) is 11.8 Å². The number of methoxy groups -OCH3 is 3. The lowest BCUT2D eigenvalue weighted by atomic mass is 9.89. The van der Waals surface area contributed by atoms with Crippen LogP contribution in [-0.4, -0.2) is 199 Å². The minimum atomic E-state index is -1.19. The summed E-state index contributed by atoms with van der Waals surface area (Å²) < 4.78 is 30.9. The lowest BCUT2D eigenvalue weighted by molar-refractivity contribution is 0.0448. The number of nitrogens with one attached hydrogen (secondary N) is 6. The van der Waals surface area contributed by atoms with E-state index in [1.165, 1.54) is 65.8 Å². The first-order valence-corrected chi connectivity index (χ1v) is 31.3. The number of aromatic carboxylic acids is 1. The SMILES string of the molecule is CNc1cc(Nc2cccnc2OC)nc2c(C(=O)NC3CC[C@H]3O)cnn12.COc1ncccc1Nc1cc(N(C)C(=O)OC(C)(C)C)n2ncc(C(=O)NC3CC[C@H]3O)c2n1.COc1ncccc1Nc1cc(N(C)C(=O)OC(C)(C)C)n2ncc(C(=O)O)c2n1.N[C@H]1CC[C@H]1O. The molecule has 0 spiro atoms. The van der Waals surface area contributed by atoms with Gasteiger partial charge in [-0.25, -0.2) is 44.3 Å². The van der Waals surface area contributed by atoms with Crippen LogP contribution in [0.5, 0.6) is 17.6 Å². The number of anilines is 9. The number of aromatic nitrogens is 12. The maximum absolute atomic E-state index is 13.0. The minimum absolute atomic E-state index is 0.0563. The fourth-order valence-corrected chi connectivity index (χ4v) is 9.69. The van der Waals surface area contributed by atoms with E-state index in [1.54, 1.807) is 127 Å². The number of ether oxygens (including phenoxy) is 5. The normalized spacial score (nSPS) is 17.5. The van der Waals surface area contributed by atoms with Crippen LogP contribution in [0.2, 0.25) is 0 Å². The van der Waals surface area contributed by atoms with Crippen molar-refractivity contribution in [1.29, 1.82) is 0 Å². The molecule has 6 atom stereocenters. The van der Waals surface area contributed by atoms with Crippen molar-refractivity contribution in [3.05, 3.63) is 108 Å². The summed E-state index contributed by atoms with van der Waals surface area (Å²) in [6, 6.07) is 15.0. The summed E-state index contributed by atoms with van der Waals surface area (Å²) in [5.41, 5.74) is 6.63. The molecule has 2 unspecified atom stereocenters. The molecule has 3 aliphatic carbocycles. The summed E-state index contributed by atoms with van der Waals surface area (Å²) in [5, 5.41) is 68.3. The molecular formula is C64H81N21O14. The van der Waals surface area contributed by atoms with Crippen LogP contribution in [0.25, 0.3) is 16.9 Å². The molecule has 3 aliphatic rings. The summed E-state index contributed by atoms with van der Waals surface area (Å²) in [4.78, 5) is 91.1. The third-order valence-electron chi connectivity index (χ3n) is 15.5. The Kier molecular flexibility index (Phi) is 22.4. The van der Waals surface area contributed by atoms with Gasteiger partial charge in [0.15, 0.2) is 16.9 Å². The fourth-order valence-electron chi connectivity index (χ4n) is 9.69. The molecule has 3 fully saturated rings. The first-order valence-electron chi connectivity index (χ1n) is 31.3. The van der Waals surface area contributed by atoms with Gasteiger partial charge >= 0.3 is 18.2 Å². The highest BCUT2D eigenvalue weighted by Gasteiger charge is 2.34. The number of rotatable bonds is 17. The average molecular weight is 1370 g/mol. The van der Waals surface area contributed by atoms with Crippen LogP contribution in [0.3, 0.4) is 0 Å². The van der Waals surface area contributed by atoms with Crippen molar-refractivity contribution in [2.75, 3.05) is 73.5 Å². The van der Waals surface area contributed by atoms with Crippen LogP contribution in [0.15, 0.2) is 91.8 Å². The minimum Gasteiger partial charge on any atom is -0.480 e. The second-order valence-corrected chi connectivity index (χ2v) is 24.9. The van der Waals surface area contributed by atoms with E-state index in [2.05, 4.69) is 77.1 Å². The van der Waals surface area contributed by atoms with E-state index in [9.17, 15) is 39.3 Å². The third kappa shape index (κ3) is 17.3. The van der Waals surface area contributed by atoms with Crippen molar-refractivity contribution in [1.82, 2.24) is 69.4 Å². The van der Waals surface area contributed by atoms with E-state index >= 15 is 0 Å². The van der Waals surface area contributed by atoms with Gasteiger partial charge in [-0.05, 0) is 116 Å². The summed E-state index contributed by atoms with van der Waals surface area (Å²) in [6.45, 7) is 10.6. The highest BCUT2D eigenvalue weighted by Crippen LogP contribution is 2.33. The molecule has 0 saturated heterocycles. The maximum Gasteiger partial charge on any atom is 0.415 e. The number of aliphatic hydroxyl groups excluding tert-OH is 3. The number of hydrogen-bond donors (Lipinski definition) is 11. The number of carbonyl (C=O) groups is 5. The Morgan fingerprint density at radius 2 is 0.889 bits per heavy atom. The topological polar surface area (TPSA) is 446 Å². The van der Waals surface area contributed by atoms with Crippen molar-refractivity contribution in [2.45, 2.75) is 128 Å². The molecule has 0 bridgehead atoms. The summed E-state index contributed by atoms with van der Waals surface area (Å²) in [6.07, 6.45) is 11.0. The van der Waals surface area contributed by atoms with Crippen molar-refractivity contribution in [2.24, 2.45) is 5.73 Å². The number of nitrogens with two attached hydrogens (primary N) is 1. The van der Waals surface area contributed by atoms with Gasteiger partial charge < -0.3 is 81.7 Å². The average Bonchev–Trinajstić information content (AvgIpc) is 1.69. The number of nitrogens with zero attached hydrogens (tertiary/aromatic N) is 14. The number of pyridine rings is 3. The molecule has 526 valence electrons. The van der Waals surface area contributed by atoms with Crippen LogP contribution in [-0.2, 0) is 9.47 Å². The molecule has 9 aromatic heterocycles. The summed E-state index contributed by atoms with van der Waals surface area (Å²) >= 11 is 0. The summed E-state index contributed by atoms with van der Waals surface area (Å²) in [5.74, 6) is 1.50. The van der Waals surface area contributed by atoms with Gasteiger partial charge in [0.1, 0.15) is 79.9 Å². The smallest absolute Gasteiger partial charge is 0.415 e. The highest BCUT2D eigenvalue weighted by atomic mass is 16.6. The Morgan fingerprint density at radius 3 is 1.20 bits per heavy atom. The number of carboxylic acid groups (broad SMARTS) is 1. The first-order chi connectivity index (χ1) is 47.1. The van der Waals surface area contributed by atoms with Gasteiger partial charge in [-0.1, -0.05) is 0 Å². The molecule has 4 amide bonds. The third-order valence-corrected chi connectivity index (χ3v) is 15.5. The van der Waals surface area contributed by atoms with E-state index in [-0.39, 0.29) is 64.2 Å². The standard InChI is InChI=1S/C23H29N7O5.C19H22N6O5.C18H21N7O3.C4H9NO/c1-23(2,3)35-22(33)29(4)18-11-17(26-15-7-6-10-24-21(15)34-5)28-19-13(12-25-30(18)19)20(32)27-14-8-9-16(14)31;1-19(2,3)30-18(28)24(4)14-9-13(22-12-7-6-8-20-16(12)29-5)23-15-11(17(26)27)10-21-25(14)15;1-19-15-8-14(22-12-4-3-7-20-18(12)28-2)24-16-10(9-21-25(15)16)17(27)23-11-5-6-13(11)26;5-3-1-2-4(3)6/h6-7,10-12,14,16,31H,8-9H2,1-5H3,(H,26,28)(H,27,32);6-10H,1-5H3,(H,22,23)(H,26,27);3-4,7-9,11,13,19,26H,5-6H2,1-2H3,(H,22,24)(H,23,27);3-4,6H,1-2,5H2/t14?,16-;;11?,13-;3-,4+/m1.10/s1. The van der Waals surface area contributed by atoms with Gasteiger partial charge in [0, 0.05) is 64.0 Å². The molecular weight excluding hydrogens is 1290 g/mol. The lowest BCUT2D eigenvalue weighted by Crippen LogP contribution is -2.50. The van der Waals surface area contributed by atoms with Gasteiger partial charge in [0.2, 0.25) is 17.6 Å². The molecule has 9 aromatic rings. The fraction of sp³-hybridized carbons (Fsp3) is 0.406. The van der Waals surface area contributed by atoms with Crippen LogP contribution in [0.1, 0.15) is 111 Å². The zero-order chi connectivity index (χ0) is 71.6. The van der Waals surface area contributed by atoms with Gasteiger partial charge in [-0.3, -0.25) is 19.4 Å². The Labute approximate surface area is 567 Å². The van der Waals surface area contributed by atoms with Crippen molar-refractivity contribution in [3.63, 3.8) is 0 Å². The molecule has 0 aliphatic heterocycles. The monoisotopic (exact) mass is 1370 g/mol. The number of carbonyl (C=O) groups excluding carboxylic acids is 4. The maximum atomic E-state index is 13.0. The summed E-state index contributed by atoms with van der Waals surface area (Å²) in [7, 11) is 9.32. The number of carboxylic acids is 1. The van der Waals surface area contributed by atoms with Crippen LogP contribution < -0.4 is 61.6 Å². The number of amides is 4. The van der Waals surface area contributed by atoms with Crippen LogP contribution in [0.4, 0.5) is 61.6 Å². The molecule has 35 nitrogen and oxygen atoms in total. The Hall–Kier alpha value is -11.3. The molecule has 0 radical (unpaired) electrons. The van der Waals surface area contributed by atoms with Gasteiger partial charge in [-0.15, -0.1) is 0 Å². The second-order valence-electron chi connectivity index (χ2n) is 24.9. The van der Waals surface area contributed by atoms with E-state index in [4.69, 9.17) is 34.5 Å². The predicted molar refractivity (Wildman–Crippen MR) is 363 cm³/mol. The Balaban J connectivity index is 0.000000167. The van der Waals surface area contributed by atoms with Crippen molar-refractivity contribution >= 4 is 98.9 Å². The molecule has 0 aromatic carbocycles. The van der Waals surface area contributed by atoms with E-state index < -0.39 is 47.5 Å². The van der Waals surface area contributed by atoms with Crippen LogP contribution in [0, 0.1) is 0 Å². The van der Waals surface area contributed by atoms with Gasteiger partial charge in [0.05, 0.1) is 70.3 Å². The Bertz CT molecular complexity index is 4370. The highest BCUT2D eigenvalue weighted by molar-refractivity contribution is 6.02. The molecule has 12 rings (SSSR count). The largest absolute Gasteiger partial charge is 0.480 e. The number of aliphatic hydroxyl groups is 3. The van der Waals surface area contributed by atoms with Crippen LogP contribution >= 0.6 is 0 Å². The van der Waals surface area contributed by atoms with Crippen molar-refractivity contribution in [3.8, 4) is 17.6 Å². The van der Waals surface area contributed by atoms with Crippen molar-refractivity contribution < 1.29 is 68.1 Å². The zero-order valence-electron chi connectivity index (χ0n) is 56.6.